The minimum atomic E-state index is -3.00. The number of rotatable bonds is 12. The quantitative estimate of drug-likeness (QED) is 0.196. The number of fused-ring (bicyclic) bond motifs is 3. The molecule has 8 heteroatoms. The van der Waals surface area contributed by atoms with E-state index in [0.29, 0.717) is 31.7 Å². The van der Waals surface area contributed by atoms with Crippen LogP contribution >= 0.6 is 0 Å². The fraction of sp³-hybridized carbons (Fsp3) is 0.424. The molecule has 2 aliphatic carbocycles. The maximum atomic E-state index is 15.1. The zero-order valence-corrected chi connectivity index (χ0v) is 24.6. The molecule has 0 spiro atoms. The Bertz CT molecular complexity index is 1500. The Kier molecular flexibility index (Phi) is 8.97. The SMILES string of the molecule is CCOC(=O)[C@H]1C[C@@H]1c1ccc(NCc2cc3c(cc2F)CCCc2cc(OCCCS(=O)(=O)CC)ccc2-3)cc1. The fourth-order valence-corrected chi connectivity index (χ4v) is 6.43. The molecule has 2 aliphatic rings. The Hall–Kier alpha value is -3.39. The molecule has 6 nitrogen and oxygen atoms in total. The summed E-state index contributed by atoms with van der Waals surface area (Å²) in [5, 5.41) is 3.35. The summed E-state index contributed by atoms with van der Waals surface area (Å²) in [4.78, 5) is 12.0. The van der Waals surface area contributed by atoms with Crippen LogP contribution in [-0.2, 0) is 38.8 Å². The number of esters is 1. The van der Waals surface area contributed by atoms with E-state index in [0.717, 1.165) is 64.9 Å². The average molecular weight is 580 g/mol. The van der Waals surface area contributed by atoms with Crippen LogP contribution in [0.4, 0.5) is 10.1 Å². The van der Waals surface area contributed by atoms with E-state index < -0.39 is 9.84 Å². The molecule has 0 bridgehead atoms. The van der Waals surface area contributed by atoms with E-state index in [-0.39, 0.29) is 35.1 Å². The number of halogens is 1. The van der Waals surface area contributed by atoms with Crippen LogP contribution in [0.1, 0.15) is 61.3 Å². The van der Waals surface area contributed by atoms with Crippen LogP contribution in [0.25, 0.3) is 11.1 Å². The Morgan fingerprint density at radius 2 is 1.76 bits per heavy atom. The van der Waals surface area contributed by atoms with Gasteiger partial charge in [-0.15, -0.1) is 0 Å². The van der Waals surface area contributed by atoms with Gasteiger partial charge in [0.2, 0.25) is 0 Å². The largest absolute Gasteiger partial charge is 0.494 e. The number of anilines is 1. The maximum Gasteiger partial charge on any atom is 0.309 e. The van der Waals surface area contributed by atoms with E-state index in [4.69, 9.17) is 9.47 Å². The smallest absolute Gasteiger partial charge is 0.309 e. The highest BCUT2D eigenvalue weighted by molar-refractivity contribution is 7.91. The van der Waals surface area contributed by atoms with Gasteiger partial charge >= 0.3 is 5.97 Å². The van der Waals surface area contributed by atoms with Gasteiger partial charge in [0.1, 0.15) is 21.4 Å². The number of hydrogen-bond acceptors (Lipinski definition) is 6. The third-order valence-corrected chi connectivity index (χ3v) is 9.83. The summed E-state index contributed by atoms with van der Waals surface area (Å²) < 4.78 is 49.6. The predicted octanol–water partition coefficient (Wildman–Crippen LogP) is 6.46. The van der Waals surface area contributed by atoms with Gasteiger partial charge in [-0.3, -0.25) is 4.79 Å². The Balaban J connectivity index is 1.24. The number of carbonyl (C=O) groups is 1. The molecule has 0 aliphatic heterocycles. The van der Waals surface area contributed by atoms with Gasteiger partial charge in [-0.1, -0.05) is 25.1 Å². The summed E-state index contributed by atoms with van der Waals surface area (Å²) in [6.45, 7) is 4.58. The van der Waals surface area contributed by atoms with Gasteiger partial charge in [-0.25, -0.2) is 12.8 Å². The molecular formula is C33H38FNO5S. The van der Waals surface area contributed by atoms with Crippen LogP contribution in [0.3, 0.4) is 0 Å². The third-order valence-electron chi connectivity index (χ3n) is 8.04. The molecule has 218 valence electrons. The lowest BCUT2D eigenvalue weighted by Crippen LogP contribution is -2.11. The Labute approximate surface area is 242 Å². The molecule has 41 heavy (non-hydrogen) atoms. The molecule has 1 fully saturated rings. The number of ether oxygens (including phenoxy) is 2. The number of aryl methyl sites for hydroxylation is 2. The highest BCUT2D eigenvalue weighted by Gasteiger charge is 2.45. The lowest BCUT2D eigenvalue weighted by molar-refractivity contribution is -0.144. The monoisotopic (exact) mass is 579 g/mol. The van der Waals surface area contributed by atoms with Crippen molar-refractivity contribution < 1.29 is 27.1 Å². The van der Waals surface area contributed by atoms with Crippen LogP contribution in [0, 0.1) is 11.7 Å². The standard InChI is InChI=1S/C33H38FNO5S/c1-3-39-33(36)31-20-30(31)22-9-11-26(12-10-22)35-21-25-18-29-24(19-32(25)34)8-5-7-23-17-27(13-14-28(23)29)40-15-6-16-41(37,38)4-2/h9-14,17-19,30-31,35H,3-8,15-16,20-21H2,1-2H3/t30-,31+/m1/s1. The molecule has 5 rings (SSSR count). The number of carbonyl (C=O) groups excluding carboxylic acids is 1. The van der Waals surface area contributed by atoms with Crippen molar-refractivity contribution in [2.75, 3.05) is 30.0 Å². The molecule has 3 aromatic rings. The summed E-state index contributed by atoms with van der Waals surface area (Å²) in [5.74, 6) is 0.844. The Morgan fingerprint density at radius 1 is 1.00 bits per heavy atom. The molecule has 0 heterocycles. The summed E-state index contributed by atoms with van der Waals surface area (Å²) in [5.41, 5.74) is 6.91. The van der Waals surface area contributed by atoms with Crippen molar-refractivity contribution in [1.29, 1.82) is 0 Å². The summed E-state index contributed by atoms with van der Waals surface area (Å²) in [7, 11) is -3.00. The van der Waals surface area contributed by atoms with Gasteiger partial charge in [0.15, 0.2) is 0 Å². The first-order valence-electron chi connectivity index (χ1n) is 14.6. The third kappa shape index (κ3) is 7.10. The van der Waals surface area contributed by atoms with Crippen molar-refractivity contribution in [3.8, 4) is 16.9 Å². The second-order valence-electron chi connectivity index (χ2n) is 10.9. The van der Waals surface area contributed by atoms with E-state index in [1.54, 1.807) is 13.0 Å². The highest BCUT2D eigenvalue weighted by atomic mass is 32.2. The first kappa shape index (κ1) is 29.1. The maximum absolute atomic E-state index is 15.1. The van der Waals surface area contributed by atoms with E-state index >= 15 is 4.39 Å². The van der Waals surface area contributed by atoms with Crippen LogP contribution in [-0.4, -0.2) is 39.1 Å². The number of benzene rings is 3. The van der Waals surface area contributed by atoms with Gasteiger partial charge in [0.05, 0.1) is 24.9 Å². The van der Waals surface area contributed by atoms with Crippen molar-refractivity contribution in [3.05, 3.63) is 82.7 Å². The van der Waals surface area contributed by atoms with Gasteiger partial charge < -0.3 is 14.8 Å². The highest BCUT2D eigenvalue weighted by Crippen LogP contribution is 2.48. The van der Waals surface area contributed by atoms with Crippen LogP contribution in [0.15, 0.2) is 54.6 Å². The minimum absolute atomic E-state index is 0.0439. The molecule has 1 N–H and O–H groups in total. The zero-order valence-electron chi connectivity index (χ0n) is 23.7. The molecule has 2 atom stereocenters. The molecule has 0 unspecified atom stereocenters. The van der Waals surface area contributed by atoms with Crippen LogP contribution in [0.2, 0.25) is 0 Å². The van der Waals surface area contributed by atoms with Crippen molar-refractivity contribution in [3.63, 3.8) is 0 Å². The number of sulfone groups is 1. The minimum Gasteiger partial charge on any atom is -0.494 e. The molecular weight excluding hydrogens is 541 g/mol. The first-order valence-corrected chi connectivity index (χ1v) is 16.4. The number of nitrogens with one attached hydrogen (secondary N) is 1. The first-order chi connectivity index (χ1) is 19.8. The van der Waals surface area contributed by atoms with E-state index in [2.05, 4.69) is 5.32 Å². The topological polar surface area (TPSA) is 81.7 Å². The lowest BCUT2D eigenvalue weighted by Gasteiger charge is -2.15. The number of hydrogen-bond donors (Lipinski definition) is 1. The van der Waals surface area contributed by atoms with E-state index in [9.17, 15) is 13.2 Å². The second-order valence-corrected chi connectivity index (χ2v) is 13.4. The molecule has 0 radical (unpaired) electrons. The van der Waals surface area contributed by atoms with Crippen LogP contribution < -0.4 is 10.1 Å². The van der Waals surface area contributed by atoms with E-state index in [1.807, 2.05) is 55.5 Å². The van der Waals surface area contributed by atoms with Gasteiger partial charge in [-0.2, -0.15) is 0 Å². The normalized spacial score (nSPS) is 17.6. The van der Waals surface area contributed by atoms with Crippen LogP contribution in [0.5, 0.6) is 5.75 Å². The lowest BCUT2D eigenvalue weighted by atomic mass is 9.94. The predicted molar refractivity (Wildman–Crippen MR) is 160 cm³/mol. The van der Waals surface area contributed by atoms with Crippen molar-refractivity contribution in [2.24, 2.45) is 5.92 Å². The second kappa shape index (κ2) is 12.6. The Morgan fingerprint density at radius 3 is 2.49 bits per heavy atom. The van der Waals surface area contributed by atoms with Gasteiger partial charge in [0.25, 0.3) is 0 Å². The van der Waals surface area contributed by atoms with Crippen molar-refractivity contribution in [1.82, 2.24) is 0 Å². The van der Waals surface area contributed by atoms with Gasteiger partial charge in [0, 0.05) is 23.5 Å². The molecule has 0 aromatic heterocycles. The molecule has 0 saturated heterocycles. The van der Waals surface area contributed by atoms with Gasteiger partial charge in [-0.05, 0) is 109 Å². The molecule has 0 amide bonds. The van der Waals surface area contributed by atoms with Crippen molar-refractivity contribution in [2.45, 2.75) is 58.4 Å². The molecule has 3 aromatic carbocycles. The molecule has 1 saturated carbocycles. The van der Waals surface area contributed by atoms with E-state index in [1.165, 1.54) is 0 Å². The summed E-state index contributed by atoms with van der Waals surface area (Å²) in [6, 6.07) is 17.6. The van der Waals surface area contributed by atoms with Crippen molar-refractivity contribution >= 4 is 21.5 Å². The zero-order chi connectivity index (χ0) is 29.0. The summed E-state index contributed by atoms with van der Waals surface area (Å²) in [6.07, 6.45) is 3.87. The average Bonchev–Trinajstić information content (AvgIpc) is 3.78. The summed E-state index contributed by atoms with van der Waals surface area (Å²) >= 11 is 0. The fourth-order valence-electron chi connectivity index (χ4n) is 5.58.